The predicted octanol–water partition coefficient (Wildman–Crippen LogP) is 5.01. The molecule has 0 radical (unpaired) electrons. The number of unbranched alkanes of at least 4 members (excludes halogenated alkanes) is 6. The van der Waals surface area contributed by atoms with E-state index in [-0.39, 0.29) is 13.2 Å². The van der Waals surface area contributed by atoms with Gasteiger partial charge in [0.1, 0.15) is 6.04 Å². The van der Waals surface area contributed by atoms with Crippen molar-refractivity contribution < 1.29 is 32.2 Å². The number of methoxy groups -OCH3 is 1. The van der Waals surface area contributed by atoms with Gasteiger partial charge in [0.25, 0.3) is 5.91 Å². The van der Waals surface area contributed by atoms with Crippen molar-refractivity contribution in [1.29, 1.82) is 0 Å². The first kappa shape index (κ1) is 24.0. The van der Waals surface area contributed by atoms with Crippen LogP contribution in [-0.4, -0.2) is 43.1 Å². The van der Waals surface area contributed by atoms with Gasteiger partial charge in [-0.25, -0.2) is 13.6 Å². The third kappa shape index (κ3) is 5.89. The van der Waals surface area contributed by atoms with Gasteiger partial charge >= 0.3 is 5.97 Å². The number of likely N-dealkylation sites (tertiary alicyclic amines) is 1. The van der Waals surface area contributed by atoms with Gasteiger partial charge in [0.05, 0.1) is 19.3 Å². The van der Waals surface area contributed by atoms with Crippen LogP contribution in [0.3, 0.4) is 0 Å². The second-order valence-electron chi connectivity index (χ2n) is 7.51. The first-order valence-electron chi connectivity index (χ1n) is 10.6. The molecule has 1 fully saturated rings. The number of benzene rings is 1. The Morgan fingerprint density at radius 3 is 2.40 bits per heavy atom. The van der Waals surface area contributed by atoms with Gasteiger partial charge in [-0.15, -0.1) is 0 Å². The Bertz CT molecular complexity index is 742. The van der Waals surface area contributed by atoms with Gasteiger partial charge in [0.15, 0.2) is 17.4 Å². The molecule has 1 aromatic carbocycles. The van der Waals surface area contributed by atoms with Crippen molar-refractivity contribution in [2.75, 3.05) is 20.3 Å². The highest BCUT2D eigenvalue weighted by Gasteiger charge is 2.37. The Morgan fingerprint density at radius 1 is 1.07 bits per heavy atom. The zero-order chi connectivity index (χ0) is 22.1. The van der Waals surface area contributed by atoms with Crippen LogP contribution in [-0.2, 0) is 9.53 Å². The van der Waals surface area contributed by atoms with Crippen molar-refractivity contribution in [2.24, 2.45) is 0 Å². The summed E-state index contributed by atoms with van der Waals surface area (Å²) in [4.78, 5) is 26.3. The topological polar surface area (TPSA) is 55.8 Å². The minimum atomic E-state index is -1.50. The lowest BCUT2D eigenvalue weighted by Crippen LogP contribution is -2.42. The Balaban J connectivity index is 1.93. The highest BCUT2D eigenvalue weighted by molar-refractivity contribution is 5.97. The van der Waals surface area contributed by atoms with Crippen molar-refractivity contribution in [1.82, 2.24) is 4.90 Å². The van der Waals surface area contributed by atoms with Gasteiger partial charge in [-0.05, 0) is 25.3 Å². The first-order chi connectivity index (χ1) is 14.4. The van der Waals surface area contributed by atoms with Crippen LogP contribution in [0, 0.1) is 17.5 Å². The summed E-state index contributed by atoms with van der Waals surface area (Å²) in [5, 5.41) is 0. The number of halogens is 3. The van der Waals surface area contributed by atoms with Gasteiger partial charge in [-0.1, -0.05) is 45.4 Å². The summed E-state index contributed by atoms with van der Waals surface area (Å²) in [6, 6.07) is -0.366. The quantitative estimate of drug-likeness (QED) is 0.282. The number of nitrogens with zero attached hydrogens (tertiary/aromatic N) is 1. The molecule has 0 N–H and O–H groups in total. The van der Waals surface area contributed by atoms with E-state index in [9.17, 15) is 22.8 Å². The van der Waals surface area contributed by atoms with E-state index in [2.05, 4.69) is 11.7 Å². The van der Waals surface area contributed by atoms with Gasteiger partial charge in [-0.2, -0.15) is 4.39 Å². The largest absolute Gasteiger partial charge is 0.491 e. The molecule has 0 aromatic heterocycles. The van der Waals surface area contributed by atoms with Gasteiger partial charge in [0.2, 0.25) is 5.82 Å². The second kappa shape index (κ2) is 11.8. The number of hydrogen-bond acceptors (Lipinski definition) is 4. The summed E-state index contributed by atoms with van der Waals surface area (Å²) in [7, 11) is 0.981. The Kier molecular flexibility index (Phi) is 9.46. The molecule has 30 heavy (non-hydrogen) atoms. The molecular formula is C22H30F3NO4. The zero-order valence-electron chi connectivity index (χ0n) is 17.6. The summed E-state index contributed by atoms with van der Waals surface area (Å²) in [6.07, 6.45) is 8.49. The van der Waals surface area contributed by atoms with Crippen molar-refractivity contribution in [3.05, 3.63) is 29.1 Å². The van der Waals surface area contributed by atoms with Crippen LogP contribution >= 0.6 is 0 Å². The number of ether oxygens (including phenoxy) is 2. The number of carbonyl (C=O) groups is 2. The normalized spacial score (nSPS) is 16.0. The molecule has 1 aromatic rings. The first-order valence-corrected chi connectivity index (χ1v) is 10.6. The van der Waals surface area contributed by atoms with Crippen LogP contribution in [0.5, 0.6) is 5.75 Å². The molecule has 0 saturated carbocycles. The molecule has 1 aliphatic rings. The smallest absolute Gasteiger partial charge is 0.328 e. The Labute approximate surface area is 175 Å². The van der Waals surface area contributed by atoms with E-state index in [1.807, 2.05) is 0 Å². The van der Waals surface area contributed by atoms with Gasteiger partial charge in [-0.3, -0.25) is 4.79 Å². The molecule has 1 heterocycles. The molecule has 8 heteroatoms. The molecule has 1 atom stereocenters. The molecule has 5 nitrogen and oxygen atoms in total. The molecule has 1 unspecified atom stereocenters. The Morgan fingerprint density at radius 2 is 1.73 bits per heavy atom. The van der Waals surface area contributed by atoms with Crippen LogP contribution in [0.4, 0.5) is 13.2 Å². The third-order valence-electron chi connectivity index (χ3n) is 5.33. The lowest BCUT2D eigenvalue weighted by molar-refractivity contribution is -0.148. The van der Waals surface area contributed by atoms with Gasteiger partial charge < -0.3 is 14.4 Å². The summed E-state index contributed by atoms with van der Waals surface area (Å²) >= 11 is 0. The average molecular weight is 429 g/mol. The minimum Gasteiger partial charge on any atom is -0.491 e. The summed E-state index contributed by atoms with van der Waals surface area (Å²) in [6.45, 7) is 2.63. The maximum atomic E-state index is 14.4. The Hall–Kier alpha value is -2.25. The molecule has 1 aliphatic heterocycles. The van der Waals surface area contributed by atoms with Crippen LogP contribution in [0.25, 0.3) is 0 Å². The molecule has 0 spiro atoms. The van der Waals surface area contributed by atoms with Crippen molar-refractivity contribution in [3.8, 4) is 5.75 Å². The summed E-state index contributed by atoms with van der Waals surface area (Å²) < 4.78 is 51.7. The fourth-order valence-corrected chi connectivity index (χ4v) is 3.65. The number of hydrogen-bond donors (Lipinski definition) is 0. The van der Waals surface area contributed by atoms with E-state index in [1.54, 1.807) is 0 Å². The third-order valence-corrected chi connectivity index (χ3v) is 5.33. The second-order valence-corrected chi connectivity index (χ2v) is 7.51. The molecule has 1 amide bonds. The fraction of sp³-hybridized carbons (Fsp3) is 0.636. The van der Waals surface area contributed by atoms with Crippen LogP contribution in [0.15, 0.2) is 6.07 Å². The van der Waals surface area contributed by atoms with Crippen molar-refractivity contribution in [2.45, 2.75) is 70.8 Å². The lowest BCUT2D eigenvalue weighted by atomic mass is 10.1. The van der Waals surface area contributed by atoms with Crippen LogP contribution < -0.4 is 4.74 Å². The maximum absolute atomic E-state index is 14.4. The van der Waals surface area contributed by atoms with Gasteiger partial charge in [0, 0.05) is 6.54 Å². The summed E-state index contributed by atoms with van der Waals surface area (Å²) in [5.74, 6) is -6.59. The number of carbonyl (C=O) groups excluding carboxylic acids is 2. The molecule has 0 aliphatic carbocycles. The van der Waals surface area contributed by atoms with Crippen molar-refractivity contribution in [3.63, 3.8) is 0 Å². The fourth-order valence-electron chi connectivity index (χ4n) is 3.65. The standard InChI is InChI=1S/C22H30F3NO4/c1-3-4-5-6-7-8-9-13-30-22(28)17-11-10-12-26(17)21(27)15-14-16(23)19(25)20(29-2)18(15)24/h14,17H,3-13H2,1-2H3. The van der Waals surface area contributed by atoms with E-state index in [0.29, 0.717) is 18.9 Å². The predicted molar refractivity (Wildman–Crippen MR) is 106 cm³/mol. The molecule has 2 rings (SSSR count). The van der Waals surface area contributed by atoms with E-state index >= 15 is 0 Å². The zero-order valence-corrected chi connectivity index (χ0v) is 17.6. The van der Waals surface area contributed by atoms with Crippen LogP contribution in [0.2, 0.25) is 0 Å². The number of rotatable bonds is 11. The van der Waals surface area contributed by atoms with E-state index in [1.165, 1.54) is 19.3 Å². The average Bonchev–Trinajstić information content (AvgIpc) is 3.22. The summed E-state index contributed by atoms with van der Waals surface area (Å²) in [5.41, 5.74) is -0.669. The maximum Gasteiger partial charge on any atom is 0.328 e. The molecular weight excluding hydrogens is 399 g/mol. The van der Waals surface area contributed by atoms with Crippen LogP contribution in [0.1, 0.15) is 75.1 Å². The molecule has 168 valence electrons. The number of amides is 1. The van der Waals surface area contributed by atoms with E-state index in [0.717, 1.165) is 37.7 Å². The van der Waals surface area contributed by atoms with E-state index < -0.39 is 46.7 Å². The monoisotopic (exact) mass is 429 g/mol. The van der Waals surface area contributed by atoms with Crippen molar-refractivity contribution >= 4 is 11.9 Å². The van der Waals surface area contributed by atoms with E-state index in [4.69, 9.17) is 4.74 Å². The highest BCUT2D eigenvalue weighted by Crippen LogP contribution is 2.30. The highest BCUT2D eigenvalue weighted by atomic mass is 19.2. The lowest BCUT2D eigenvalue weighted by Gasteiger charge is -2.24. The molecule has 1 saturated heterocycles. The number of esters is 1. The minimum absolute atomic E-state index is 0.205. The SMILES string of the molecule is CCCCCCCCCOC(=O)C1CCCN1C(=O)c1cc(F)c(F)c(OC)c1F. The molecule has 0 bridgehead atoms.